The largest absolute Gasteiger partial charge is 0.464 e. The third-order valence-electron chi connectivity index (χ3n) is 2.87. The minimum absolute atomic E-state index is 0.0984. The molecule has 144 valence electrons. The lowest BCUT2D eigenvalue weighted by molar-refractivity contribution is -0.168. The molecule has 0 bridgehead atoms. The van der Waals surface area contributed by atoms with Crippen LogP contribution in [-0.2, 0) is 28.6 Å². The van der Waals surface area contributed by atoms with E-state index in [9.17, 15) is 24.3 Å². The molecule has 0 fully saturated rings. The van der Waals surface area contributed by atoms with E-state index in [1.54, 1.807) is 20.8 Å². The lowest BCUT2D eigenvalue weighted by Gasteiger charge is -2.31. The summed E-state index contributed by atoms with van der Waals surface area (Å²) in [5.74, 6) is -3.20. The number of hydrogen-bond donors (Lipinski definition) is 2. The maximum atomic E-state index is 12.4. The predicted molar refractivity (Wildman–Crippen MR) is 86.7 cm³/mol. The topological polar surface area (TPSA) is 128 Å². The number of carbonyl (C=O) groups excluding carboxylic acids is 4. The van der Waals surface area contributed by atoms with E-state index in [0.29, 0.717) is 0 Å². The van der Waals surface area contributed by atoms with Crippen LogP contribution in [0.15, 0.2) is 0 Å². The van der Waals surface area contributed by atoms with Crippen molar-refractivity contribution in [3.05, 3.63) is 0 Å². The summed E-state index contributed by atoms with van der Waals surface area (Å²) < 4.78 is 14.7. The minimum Gasteiger partial charge on any atom is -0.464 e. The Morgan fingerprint density at radius 2 is 1.44 bits per heavy atom. The zero-order valence-corrected chi connectivity index (χ0v) is 15.5. The van der Waals surface area contributed by atoms with E-state index in [1.165, 1.54) is 20.8 Å². The molecule has 2 N–H and O–H groups in total. The maximum absolute atomic E-state index is 12.4. The SMILES string of the molecule is CCOC(=O)C(CC(=O)C(C)O)(NC(=O)OC(C)(C)C)C(=O)OCC. The number of aliphatic hydroxyl groups is 1. The quantitative estimate of drug-likeness (QED) is 0.367. The highest BCUT2D eigenvalue weighted by atomic mass is 16.6. The van der Waals surface area contributed by atoms with Crippen molar-refractivity contribution in [3.63, 3.8) is 0 Å². The number of hydrogen-bond acceptors (Lipinski definition) is 8. The molecule has 0 heterocycles. The lowest BCUT2D eigenvalue weighted by atomic mass is 9.91. The second-order valence-electron chi connectivity index (χ2n) is 6.29. The molecule has 9 heteroatoms. The number of alkyl carbamates (subject to hydrolysis) is 1. The average molecular weight is 361 g/mol. The van der Waals surface area contributed by atoms with Crippen LogP contribution in [0.5, 0.6) is 0 Å². The van der Waals surface area contributed by atoms with Crippen LogP contribution in [0.4, 0.5) is 4.79 Å². The number of rotatable bonds is 8. The van der Waals surface area contributed by atoms with Crippen LogP contribution in [0, 0.1) is 0 Å². The molecule has 1 unspecified atom stereocenters. The van der Waals surface area contributed by atoms with E-state index in [4.69, 9.17) is 14.2 Å². The van der Waals surface area contributed by atoms with Gasteiger partial charge in [-0.15, -0.1) is 0 Å². The van der Waals surface area contributed by atoms with Crippen LogP contribution < -0.4 is 5.32 Å². The van der Waals surface area contributed by atoms with Gasteiger partial charge in [-0.2, -0.15) is 0 Å². The minimum atomic E-state index is -2.44. The summed E-state index contributed by atoms with van der Waals surface area (Å²) in [6.07, 6.45) is -3.39. The lowest BCUT2D eigenvalue weighted by Crippen LogP contribution is -2.63. The summed E-state index contributed by atoms with van der Waals surface area (Å²) in [6.45, 7) is 8.74. The number of nitrogens with one attached hydrogen (secondary N) is 1. The second kappa shape index (κ2) is 9.36. The molecule has 0 saturated heterocycles. The summed E-state index contributed by atoms with van der Waals surface area (Å²) in [4.78, 5) is 48.9. The van der Waals surface area contributed by atoms with Gasteiger partial charge in [0.05, 0.1) is 19.6 Å². The van der Waals surface area contributed by atoms with Gasteiger partial charge in [-0.25, -0.2) is 14.4 Å². The molecule has 1 amide bonds. The first-order chi connectivity index (χ1) is 11.4. The number of ketones is 1. The van der Waals surface area contributed by atoms with Gasteiger partial charge < -0.3 is 19.3 Å². The molecule has 0 aromatic carbocycles. The number of aliphatic hydroxyl groups excluding tert-OH is 1. The smallest absolute Gasteiger partial charge is 0.409 e. The third-order valence-corrected chi connectivity index (χ3v) is 2.87. The van der Waals surface area contributed by atoms with E-state index in [0.717, 1.165) is 0 Å². The number of amides is 1. The van der Waals surface area contributed by atoms with E-state index in [2.05, 4.69) is 5.32 Å². The number of carbonyl (C=O) groups is 4. The normalized spacial score (nSPS) is 12.8. The Morgan fingerprint density at radius 1 is 1.00 bits per heavy atom. The van der Waals surface area contributed by atoms with Gasteiger partial charge in [-0.05, 0) is 41.5 Å². The molecule has 25 heavy (non-hydrogen) atoms. The van der Waals surface area contributed by atoms with Gasteiger partial charge in [0.1, 0.15) is 11.7 Å². The summed E-state index contributed by atoms with van der Waals surface area (Å²) >= 11 is 0. The fourth-order valence-corrected chi connectivity index (χ4v) is 1.77. The molecular weight excluding hydrogens is 334 g/mol. The molecule has 1 atom stereocenters. The summed E-state index contributed by atoms with van der Waals surface area (Å²) in [5, 5.41) is 11.5. The van der Waals surface area contributed by atoms with E-state index >= 15 is 0 Å². The molecule has 0 aromatic heterocycles. The fraction of sp³-hybridized carbons (Fsp3) is 0.750. The summed E-state index contributed by atoms with van der Waals surface area (Å²) in [6, 6.07) is 0. The highest BCUT2D eigenvalue weighted by molar-refractivity contribution is 6.11. The molecule has 0 aliphatic heterocycles. The molecule has 0 aromatic rings. The molecule has 0 spiro atoms. The average Bonchev–Trinajstić information content (AvgIpc) is 2.44. The molecule has 0 aliphatic rings. The zero-order chi connectivity index (χ0) is 19.8. The van der Waals surface area contributed by atoms with Crippen LogP contribution in [0.3, 0.4) is 0 Å². The second-order valence-corrected chi connectivity index (χ2v) is 6.29. The van der Waals surface area contributed by atoms with Gasteiger partial charge in [-0.3, -0.25) is 10.1 Å². The number of ether oxygens (including phenoxy) is 3. The standard InChI is InChI=1S/C16H27NO8/c1-7-23-12(20)16(13(21)24-8-2,9-11(19)10(3)18)17-14(22)25-15(4,5)6/h10,18H,7-9H2,1-6H3,(H,17,22). The first kappa shape index (κ1) is 22.8. The molecule has 0 radical (unpaired) electrons. The van der Waals surface area contributed by atoms with Crippen molar-refractivity contribution in [2.45, 2.75) is 65.2 Å². The van der Waals surface area contributed by atoms with Gasteiger partial charge in [0, 0.05) is 0 Å². The van der Waals surface area contributed by atoms with Crippen LogP contribution in [-0.4, -0.2) is 59.4 Å². The third kappa shape index (κ3) is 7.08. The highest BCUT2D eigenvalue weighted by Crippen LogP contribution is 2.19. The van der Waals surface area contributed by atoms with Crippen LogP contribution >= 0.6 is 0 Å². The van der Waals surface area contributed by atoms with Crippen LogP contribution in [0.25, 0.3) is 0 Å². The van der Waals surface area contributed by atoms with Crippen molar-refractivity contribution in [2.24, 2.45) is 0 Å². The summed E-state index contributed by atoms with van der Waals surface area (Å²) in [5.41, 5.74) is -3.35. The summed E-state index contributed by atoms with van der Waals surface area (Å²) in [7, 11) is 0. The van der Waals surface area contributed by atoms with Crippen LogP contribution in [0.1, 0.15) is 48.0 Å². The van der Waals surface area contributed by atoms with E-state index < -0.39 is 47.5 Å². The van der Waals surface area contributed by atoms with Crippen molar-refractivity contribution >= 4 is 23.8 Å². The Bertz CT molecular complexity index is 489. The highest BCUT2D eigenvalue weighted by Gasteiger charge is 2.53. The van der Waals surface area contributed by atoms with Crippen molar-refractivity contribution in [2.75, 3.05) is 13.2 Å². The van der Waals surface area contributed by atoms with Crippen molar-refractivity contribution in [1.82, 2.24) is 5.32 Å². The monoisotopic (exact) mass is 361 g/mol. The van der Waals surface area contributed by atoms with E-state index in [-0.39, 0.29) is 13.2 Å². The fourth-order valence-electron chi connectivity index (χ4n) is 1.77. The maximum Gasteiger partial charge on any atom is 0.409 e. The molecule has 9 nitrogen and oxygen atoms in total. The first-order valence-corrected chi connectivity index (χ1v) is 7.96. The van der Waals surface area contributed by atoms with Crippen molar-refractivity contribution < 1.29 is 38.5 Å². The van der Waals surface area contributed by atoms with Gasteiger partial charge in [0.2, 0.25) is 5.54 Å². The van der Waals surface area contributed by atoms with Gasteiger partial charge >= 0.3 is 18.0 Å². The van der Waals surface area contributed by atoms with Gasteiger partial charge in [-0.1, -0.05) is 0 Å². The Morgan fingerprint density at radius 3 is 1.76 bits per heavy atom. The van der Waals surface area contributed by atoms with E-state index in [1.807, 2.05) is 0 Å². The van der Waals surface area contributed by atoms with Gasteiger partial charge in [0.25, 0.3) is 0 Å². The first-order valence-electron chi connectivity index (χ1n) is 7.96. The molecule has 0 rings (SSSR count). The van der Waals surface area contributed by atoms with Crippen molar-refractivity contribution in [3.8, 4) is 0 Å². The Balaban J connectivity index is 5.89. The number of Topliss-reactive ketones (excluding diaryl/α,β-unsaturated/α-hetero) is 1. The Labute approximate surface area is 147 Å². The molecule has 0 aliphatic carbocycles. The molecule has 0 saturated carbocycles. The van der Waals surface area contributed by atoms with Crippen molar-refractivity contribution in [1.29, 1.82) is 0 Å². The Hall–Kier alpha value is -2.16. The molecular formula is C16H27NO8. The van der Waals surface area contributed by atoms with Gasteiger partial charge in [0.15, 0.2) is 5.78 Å². The zero-order valence-electron chi connectivity index (χ0n) is 15.5. The number of esters is 2. The predicted octanol–water partition coefficient (Wildman–Crippen LogP) is 0.716. The Kier molecular flexibility index (Phi) is 8.55. The van der Waals surface area contributed by atoms with Crippen LogP contribution in [0.2, 0.25) is 0 Å².